The summed E-state index contributed by atoms with van der Waals surface area (Å²) in [7, 11) is 0. The van der Waals surface area contributed by atoms with Crippen LogP contribution in [0, 0.1) is 30.6 Å². The minimum atomic E-state index is -0.435. The average molecular weight is 438 g/mol. The summed E-state index contributed by atoms with van der Waals surface area (Å²) in [6.07, 6.45) is 7.83. The molecule has 2 heterocycles. The second-order valence-corrected chi connectivity index (χ2v) is 7.82. The third-order valence-electron chi connectivity index (χ3n) is 4.47. The summed E-state index contributed by atoms with van der Waals surface area (Å²) in [6, 6.07) is 5.50. The first kappa shape index (κ1) is 23.1. The number of nitrogens with zero attached hydrogens (tertiary/aromatic N) is 1. The molecule has 137 valence electrons. The molecule has 0 unspecified atom stereocenters. The SMILES string of the molecule is CC(C)[C@@H]1CC[C@@H](C)C[C@H]1OC(=O)[C@@H]1O[CH-]CS1.[Y].[c-]1ccccn1. The summed E-state index contributed by atoms with van der Waals surface area (Å²) in [6.45, 7) is 8.36. The maximum atomic E-state index is 12.0. The van der Waals surface area contributed by atoms with E-state index in [4.69, 9.17) is 9.47 Å². The molecule has 6 heteroatoms. The number of ether oxygens (including phenoxy) is 2. The summed E-state index contributed by atoms with van der Waals surface area (Å²) in [5.41, 5.74) is -0.435. The van der Waals surface area contributed by atoms with Gasteiger partial charge in [-0.25, -0.2) is 11.4 Å². The minimum Gasteiger partial charge on any atom is -0.533 e. The molecule has 1 aliphatic heterocycles. The first-order chi connectivity index (χ1) is 11.6. The summed E-state index contributed by atoms with van der Waals surface area (Å²) in [5, 5.41) is 0. The summed E-state index contributed by atoms with van der Waals surface area (Å²) in [5.74, 6) is 2.30. The van der Waals surface area contributed by atoms with Crippen molar-refractivity contribution in [1.82, 2.24) is 4.98 Å². The van der Waals surface area contributed by atoms with Crippen LogP contribution in [-0.4, -0.2) is 28.2 Å². The number of thioether (sulfide) groups is 1. The zero-order valence-corrected chi connectivity index (χ0v) is 18.9. The van der Waals surface area contributed by atoms with Crippen molar-refractivity contribution in [1.29, 1.82) is 0 Å². The number of hydrogen-bond acceptors (Lipinski definition) is 5. The third kappa shape index (κ3) is 8.07. The van der Waals surface area contributed by atoms with Gasteiger partial charge in [0.05, 0.1) is 0 Å². The molecule has 2 fully saturated rings. The maximum Gasteiger partial charge on any atom is 0.343 e. The first-order valence-electron chi connectivity index (χ1n) is 8.64. The Morgan fingerprint density at radius 3 is 2.68 bits per heavy atom. The Kier molecular flexibility index (Phi) is 11.5. The number of hydrogen-bond donors (Lipinski definition) is 0. The van der Waals surface area contributed by atoms with Gasteiger partial charge < -0.3 is 14.5 Å². The molecule has 1 saturated heterocycles. The molecule has 1 radical (unpaired) electrons. The van der Waals surface area contributed by atoms with Crippen molar-refractivity contribution in [3.63, 3.8) is 0 Å². The van der Waals surface area contributed by atoms with Crippen molar-refractivity contribution in [3.05, 3.63) is 37.2 Å². The number of esters is 1. The van der Waals surface area contributed by atoms with E-state index < -0.39 is 5.44 Å². The Bertz CT molecular complexity index is 456. The average Bonchev–Trinajstić information content (AvgIpc) is 3.11. The predicted octanol–water partition coefficient (Wildman–Crippen LogP) is 4.12. The maximum absolute atomic E-state index is 12.0. The second-order valence-electron chi connectivity index (χ2n) is 6.73. The van der Waals surface area contributed by atoms with Gasteiger partial charge in [-0.3, -0.25) is 0 Å². The molecule has 0 amide bonds. The molecule has 0 aromatic carbocycles. The van der Waals surface area contributed by atoms with Crippen LogP contribution < -0.4 is 0 Å². The van der Waals surface area contributed by atoms with Crippen molar-refractivity contribution in [2.75, 3.05) is 5.75 Å². The van der Waals surface area contributed by atoms with E-state index in [0.29, 0.717) is 17.8 Å². The van der Waals surface area contributed by atoms with E-state index in [0.717, 1.165) is 12.2 Å². The van der Waals surface area contributed by atoms with Crippen molar-refractivity contribution in [3.8, 4) is 0 Å². The number of pyridine rings is 1. The molecule has 0 N–H and O–H groups in total. The Hall–Kier alpha value is 0.0339. The van der Waals surface area contributed by atoms with Gasteiger partial charge in [0.25, 0.3) is 0 Å². The number of aromatic nitrogens is 1. The molecule has 3 rings (SSSR count). The van der Waals surface area contributed by atoms with E-state index in [1.807, 2.05) is 12.1 Å². The Morgan fingerprint density at radius 1 is 1.40 bits per heavy atom. The van der Waals surface area contributed by atoms with E-state index in [2.05, 4.69) is 32.0 Å². The molecule has 4 nitrogen and oxygen atoms in total. The van der Waals surface area contributed by atoms with Gasteiger partial charge in [-0.2, -0.15) is 30.0 Å². The molecule has 0 spiro atoms. The van der Waals surface area contributed by atoms with E-state index >= 15 is 0 Å². The van der Waals surface area contributed by atoms with Crippen LogP contribution in [0.3, 0.4) is 0 Å². The van der Waals surface area contributed by atoms with E-state index in [1.165, 1.54) is 24.6 Å². The van der Waals surface area contributed by atoms with Gasteiger partial charge >= 0.3 is 5.97 Å². The zero-order chi connectivity index (χ0) is 17.4. The molecular formula is C19H27NO3SY-2. The molecule has 1 aromatic rings. The summed E-state index contributed by atoms with van der Waals surface area (Å²) in [4.78, 5) is 15.7. The van der Waals surface area contributed by atoms with Crippen LogP contribution in [0.25, 0.3) is 0 Å². The predicted molar refractivity (Wildman–Crippen MR) is 95.9 cm³/mol. The molecule has 2 aliphatic rings. The molecular weight excluding hydrogens is 411 g/mol. The van der Waals surface area contributed by atoms with Crippen LogP contribution in [0.1, 0.15) is 40.0 Å². The van der Waals surface area contributed by atoms with Gasteiger partial charge in [-0.15, -0.1) is 5.75 Å². The third-order valence-corrected chi connectivity index (χ3v) is 5.41. The second kappa shape index (κ2) is 12.4. The monoisotopic (exact) mass is 438 g/mol. The van der Waals surface area contributed by atoms with Crippen LogP contribution in [-0.2, 0) is 47.0 Å². The topological polar surface area (TPSA) is 48.4 Å². The van der Waals surface area contributed by atoms with Crippen LogP contribution >= 0.6 is 11.8 Å². The Labute approximate surface area is 181 Å². The van der Waals surface area contributed by atoms with Gasteiger partial charge in [-0.1, -0.05) is 39.6 Å². The van der Waals surface area contributed by atoms with Crippen molar-refractivity contribution < 1.29 is 47.0 Å². The fourth-order valence-corrected chi connectivity index (χ4v) is 3.83. The molecule has 1 aliphatic carbocycles. The van der Waals surface area contributed by atoms with Crippen LogP contribution in [0.15, 0.2) is 24.4 Å². The first-order valence-corrected chi connectivity index (χ1v) is 9.69. The Balaban J connectivity index is 0.000000379. The summed E-state index contributed by atoms with van der Waals surface area (Å²) < 4.78 is 11.0. The van der Waals surface area contributed by atoms with Gasteiger partial charge in [0.15, 0.2) is 5.44 Å². The number of rotatable bonds is 3. The van der Waals surface area contributed by atoms with Crippen LogP contribution in [0.2, 0.25) is 0 Å². The molecule has 1 aromatic heterocycles. The van der Waals surface area contributed by atoms with E-state index in [9.17, 15) is 4.79 Å². The molecule has 0 bridgehead atoms. The minimum absolute atomic E-state index is 0. The van der Waals surface area contributed by atoms with Crippen molar-refractivity contribution in [2.45, 2.75) is 51.6 Å². The largest absolute Gasteiger partial charge is 0.533 e. The zero-order valence-electron chi connectivity index (χ0n) is 15.3. The van der Waals surface area contributed by atoms with Gasteiger partial charge in [0.2, 0.25) is 0 Å². The van der Waals surface area contributed by atoms with E-state index in [1.54, 1.807) is 18.9 Å². The Morgan fingerprint density at radius 2 is 2.20 bits per heavy atom. The number of carbonyl (C=O) groups excluding carboxylic acids is 1. The standard InChI is InChI=1S/C14H23O3S.C5H4N.Y/c1-9(2)11-5-4-10(3)8-12(11)17-13(15)14-16-6-7-18-14;1-2-4-6-5-3-1;/h6,9-12,14H,4-5,7-8H2,1-3H3;1-4H;/q2*-1;/t10-,11+,12-,14-;;/m1../s1. The van der Waals surface area contributed by atoms with Crippen molar-refractivity contribution >= 4 is 17.7 Å². The smallest absolute Gasteiger partial charge is 0.343 e. The quantitative estimate of drug-likeness (QED) is 0.525. The molecule has 4 atom stereocenters. The fourth-order valence-electron chi connectivity index (χ4n) is 3.15. The van der Waals surface area contributed by atoms with E-state index in [-0.39, 0.29) is 44.8 Å². The number of carbonyl (C=O) groups is 1. The van der Waals surface area contributed by atoms with Gasteiger partial charge in [0, 0.05) is 32.7 Å². The fraction of sp³-hybridized carbons (Fsp3) is 0.632. The normalized spacial score (nSPS) is 28.5. The van der Waals surface area contributed by atoms with Crippen LogP contribution in [0.4, 0.5) is 0 Å². The van der Waals surface area contributed by atoms with Gasteiger partial charge in [-0.05, 0) is 30.6 Å². The molecule has 25 heavy (non-hydrogen) atoms. The van der Waals surface area contributed by atoms with Crippen LogP contribution in [0.5, 0.6) is 0 Å². The molecule has 1 saturated carbocycles. The van der Waals surface area contributed by atoms with Crippen molar-refractivity contribution in [2.24, 2.45) is 17.8 Å². The summed E-state index contributed by atoms with van der Waals surface area (Å²) >= 11 is 1.50. The van der Waals surface area contributed by atoms with Gasteiger partial charge in [0.1, 0.15) is 6.10 Å².